The van der Waals surface area contributed by atoms with E-state index in [4.69, 9.17) is 11.6 Å². The first-order valence-electron chi connectivity index (χ1n) is 7.20. The molecule has 2 rings (SSSR count). The highest BCUT2D eigenvalue weighted by molar-refractivity contribution is 6.31. The van der Waals surface area contributed by atoms with Gasteiger partial charge in [0.25, 0.3) is 0 Å². The summed E-state index contributed by atoms with van der Waals surface area (Å²) in [6.07, 6.45) is 4.57. The zero-order valence-electron chi connectivity index (χ0n) is 11.8. The maximum Gasteiger partial charge on any atom is 0.142 e. The van der Waals surface area contributed by atoms with Crippen LogP contribution in [-0.2, 0) is 6.42 Å². The van der Waals surface area contributed by atoms with Gasteiger partial charge in [-0.15, -0.1) is 0 Å². The molecule has 0 aliphatic heterocycles. The van der Waals surface area contributed by atoms with Crippen LogP contribution in [0.15, 0.2) is 18.2 Å². The molecule has 1 unspecified atom stereocenters. The largest absolute Gasteiger partial charge is 0.316 e. The van der Waals surface area contributed by atoms with E-state index >= 15 is 0 Å². The van der Waals surface area contributed by atoms with Crippen LogP contribution < -0.4 is 5.32 Å². The van der Waals surface area contributed by atoms with E-state index in [1.807, 2.05) is 6.07 Å². The first-order valence-corrected chi connectivity index (χ1v) is 7.58. The van der Waals surface area contributed by atoms with E-state index in [0.29, 0.717) is 5.02 Å². The van der Waals surface area contributed by atoms with E-state index in [2.05, 4.69) is 19.2 Å². The number of nitrogens with one attached hydrogen (secondary N) is 1. The Balaban J connectivity index is 2.09. The molecule has 1 nitrogen and oxygen atoms in total. The molecule has 1 atom stereocenters. The lowest BCUT2D eigenvalue weighted by Crippen LogP contribution is -2.36. The van der Waals surface area contributed by atoms with Crippen LogP contribution in [0.5, 0.6) is 0 Å². The monoisotopic (exact) mass is 283 g/mol. The van der Waals surface area contributed by atoms with E-state index in [9.17, 15) is 4.39 Å². The summed E-state index contributed by atoms with van der Waals surface area (Å²) in [6.45, 7) is 6.50. The molecule has 0 heterocycles. The predicted molar refractivity (Wildman–Crippen MR) is 79.1 cm³/mol. The molecule has 1 N–H and O–H groups in total. The van der Waals surface area contributed by atoms with Crippen LogP contribution in [0.3, 0.4) is 0 Å². The van der Waals surface area contributed by atoms with Crippen LogP contribution in [0.2, 0.25) is 5.02 Å². The quantitative estimate of drug-likeness (QED) is 0.730. The average molecular weight is 284 g/mol. The van der Waals surface area contributed by atoms with Crippen LogP contribution in [0, 0.1) is 17.2 Å². The molecule has 0 saturated heterocycles. The van der Waals surface area contributed by atoms with Crippen molar-refractivity contribution in [3.63, 3.8) is 0 Å². The summed E-state index contributed by atoms with van der Waals surface area (Å²) in [5.41, 5.74) is 1.13. The van der Waals surface area contributed by atoms with E-state index in [1.165, 1.54) is 18.9 Å². The van der Waals surface area contributed by atoms with Gasteiger partial charge in [0, 0.05) is 6.54 Å². The molecule has 106 valence electrons. The normalized spacial score (nSPS) is 18.3. The van der Waals surface area contributed by atoms with Crippen LogP contribution in [-0.4, -0.2) is 13.1 Å². The third-order valence-corrected chi connectivity index (χ3v) is 4.57. The molecule has 1 saturated carbocycles. The van der Waals surface area contributed by atoms with Gasteiger partial charge >= 0.3 is 0 Å². The van der Waals surface area contributed by atoms with Gasteiger partial charge in [-0.2, -0.15) is 0 Å². The topological polar surface area (TPSA) is 12.0 Å². The number of hydrogen-bond acceptors (Lipinski definition) is 1. The smallest absolute Gasteiger partial charge is 0.142 e. The Labute approximate surface area is 120 Å². The minimum Gasteiger partial charge on any atom is -0.316 e. The standard InChI is InChI=1S/C16H23ClFN/c1-3-9-19-11-16(2,13-7-8-13)10-12-5-4-6-14(18)15(12)17/h4-6,13,19H,3,7-11H2,1-2H3. The van der Waals surface area contributed by atoms with Gasteiger partial charge in [-0.05, 0) is 55.2 Å². The van der Waals surface area contributed by atoms with Gasteiger partial charge in [0.15, 0.2) is 0 Å². The molecule has 0 aromatic heterocycles. The minimum absolute atomic E-state index is 0.187. The van der Waals surface area contributed by atoms with Crippen molar-refractivity contribution in [3.05, 3.63) is 34.6 Å². The molecule has 1 fully saturated rings. The Hall–Kier alpha value is -0.600. The summed E-state index contributed by atoms with van der Waals surface area (Å²) in [5, 5.41) is 3.81. The second-order valence-corrected chi connectivity index (χ2v) is 6.37. The first-order chi connectivity index (χ1) is 9.07. The fraction of sp³-hybridized carbons (Fsp3) is 0.625. The Morgan fingerprint density at radius 1 is 1.42 bits per heavy atom. The van der Waals surface area contributed by atoms with Crippen molar-refractivity contribution in [3.8, 4) is 0 Å². The fourth-order valence-corrected chi connectivity index (χ4v) is 3.00. The van der Waals surface area contributed by atoms with Crippen LogP contribution in [0.25, 0.3) is 0 Å². The SMILES string of the molecule is CCCNCC(C)(Cc1cccc(F)c1Cl)C1CC1. The second-order valence-electron chi connectivity index (χ2n) is 5.99. The molecule has 19 heavy (non-hydrogen) atoms. The van der Waals surface area contributed by atoms with Gasteiger partial charge in [-0.3, -0.25) is 0 Å². The van der Waals surface area contributed by atoms with E-state index in [-0.39, 0.29) is 11.2 Å². The Bertz CT molecular complexity index is 431. The molecule has 0 radical (unpaired) electrons. The summed E-state index contributed by atoms with van der Waals surface area (Å²) in [5.74, 6) is 0.440. The number of rotatable bonds is 7. The maximum absolute atomic E-state index is 13.5. The zero-order valence-corrected chi connectivity index (χ0v) is 12.6. The summed E-state index contributed by atoms with van der Waals surface area (Å²) in [6, 6.07) is 5.13. The molecular formula is C16H23ClFN. The highest BCUT2D eigenvalue weighted by Gasteiger charge is 2.41. The van der Waals surface area contributed by atoms with E-state index in [0.717, 1.165) is 37.4 Å². The van der Waals surface area contributed by atoms with Crippen molar-refractivity contribution < 1.29 is 4.39 Å². The maximum atomic E-state index is 13.5. The predicted octanol–water partition coefficient (Wildman–Crippen LogP) is 4.44. The lowest BCUT2D eigenvalue weighted by Gasteiger charge is -2.31. The number of benzene rings is 1. The van der Waals surface area contributed by atoms with Gasteiger partial charge in [0.2, 0.25) is 0 Å². The van der Waals surface area contributed by atoms with Gasteiger partial charge in [0.1, 0.15) is 5.82 Å². The van der Waals surface area contributed by atoms with Gasteiger partial charge in [-0.25, -0.2) is 4.39 Å². The van der Waals surface area contributed by atoms with Crippen molar-refractivity contribution in [2.75, 3.05) is 13.1 Å². The molecule has 1 aliphatic carbocycles. The summed E-state index contributed by atoms with van der Waals surface area (Å²) < 4.78 is 13.5. The van der Waals surface area contributed by atoms with Crippen molar-refractivity contribution in [2.24, 2.45) is 11.3 Å². The lowest BCUT2D eigenvalue weighted by atomic mass is 9.78. The van der Waals surface area contributed by atoms with E-state index < -0.39 is 0 Å². The second kappa shape index (κ2) is 6.23. The number of hydrogen-bond donors (Lipinski definition) is 1. The summed E-state index contributed by atoms with van der Waals surface area (Å²) in [7, 11) is 0. The highest BCUT2D eigenvalue weighted by Crippen LogP contribution is 2.47. The molecule has 1 aromatic carbocycles. The molecule has 0 spiro atoms. The highest BCUT2D eigenvalue weighted by atomic mass is 35.5. The first kappa shape index (κ1) is 14.8. The van der Waals surface area contributed by atoms with Crippen molar-refractivity contribution in [2.45, 2.75) is 39.5 Å². The Morgan fingerprint density at radius 3 is 2.79 bits per heavy atom. The van der Waals surface area contributed by atoms with Crippen LogP contribution in [0.1, 0.15) is 38.7 Å². The fourth-order valence-electron chi connectivity index (χ4n) is 2.80. The molecule has 1 aromatic rings. The molecule has 0 bridgehead atoms. The summed E-state index contributed by atoms with van der Waals surface area (Å²) in [4.78, 5) is 0. The zero-order chi connectivity index (χ0) is 13.9. The third-order valence-electron chi connectivity index (χ3n) is 4.14. The summed E-state index contributed by atoms with van der Waals surface area (Å²) >= 11 is 6.09. The van der Waals surface area contributed by atoms with Crippen molar-refractivity contribution in [1.82, 2.24) is 5.32 Å². The van der Waals surface area contributed by atoms with Gasteiger partial charge in [-0.1, -0.05) is 37.6 Å². The Morgan fingerprint density at radius 2 is 2.16 bits per heavy atom. The number of halogens is 2. The third kappa shape index (κ3) is 3.70. The molecule has 0 amide bonds. The van der Waals surface area contributed by atoms with E-state index in [1.54, 1.807) is 6.07 Å². The molecule has 3 heteroatoms. The lowest BCUT2D eigenvalue weighted by molar-refractivity contribution is 0.256. The molecule has 1 aliphatic rings. The van der Waals surface area contributed by atoms with Gasteiger partial charge < -0.3 is 5.32 Å². The van der Waals surface area contributed by atoms with Gasteiger partial charge in [0.05, 0.1) is 5.02 Å². The Kier molecular flexibility index (Phi) is 4.86. The average Bonchev–Trinajstić information content (AvgIpc) is 3.20. The van der Waals surface area contributed by atoms with Crippen molar-refractivity contribution in [1.29, 1.82) is 0 Å². The molecular weight excluding hydrogens is 261 g/mol. The van der Waals surface area contributed by atoms with Crippen molar-refractivity contribution >= 4 is 11.6 Å². The van der Waals surface area contributed by atoms with Crippen LogP contribution in [0.4, 0.5) is 4.39 Å². The van der Waals surface area contributed by atoms with Crippen LogP contribution >= 0.6 is 11.6 Å². The minimum atomic E-state index is -0.307.